The van der Waals surface area contributed by atoms with Crippen LogP contribution in [0.4, 0.5) is 0 Å². The molecule has 0 saturated carbocycles. The molecule has 0 spiro atoms. The molecular weight excluding hydrogens is 158 g/mol. The first-order valence-electron chi connectivity index (χ1n) is 3.82. The van der Waals surface area contributed by atoms with Gasteiger partial charge in [0.05, 0.1) is 11.3 Å². The minimum atomic E-state index is 0.203. The first-order chi connectivity index (χ1) is 5.29. The van der Waals surface area contributed by atoms with E-state index in [2.05, 4.69) is 11.9 Å². The fraction of sp³-hybridized carbons (Fsp3) is 0.625. The number of carbonyl (C=O) groups is 1. The van der Waals surface area contributed by atoms with Crippen molar-refractivity contribution in [2.75, 3.05) is 5.75 Å². The predicted molar refractivity (Wildman–Crippen MR) is 48.4 cm³/mol. The molecule has 1 N–H and O–H groups in total. The molecule has 0 aromatic heterocycles. The van der Waals surface area contributed by atoms with Gasteiger partial charge in [-0.15, -0.1) is 18.3 Å². The van der Waals surface area contributed by atoms with Crippen molar-refractivity contribution in [2.45, 2.75) is 18.7 Å². The average Bonchev–Trinajstić information content (AvgIpc) is 1.98. The quantitative estimate of drug-likeness (QED) is 0.511. The molecule has 0 radical (unpaired) electrons. The molecule has 2 atom stereocenters. The number of amides is 1. The third kappa shape index (κ3) is 1.77. The average molecular weight is 171 g/mol. The number of thioether (sulfide) groups is 1. The molecule has 3 heteroatoms. The Morgan fingerprint density at radius 3 is 3.00 bits per heavy atom. The molecule has 2 unspecified atom stereocenters. The van der Waals surface area contributed by atoms with Crippen molar-refractivity contribution >= 4 is 17.7 Å². The largest absolute Gasteiger partial charge is 0.343 e. The van der Waals surface area contributed by atoms with E-state index in [9.17, 15) is 4.79 Å². The number of carbonyl (C=O) groups excluding carboxylic acids is 1. The molecule has 1 aliphatic heterocycles. The highest BCUT2D eigenvalue weighted by Crippen LogP contribution is 2.27. The van der Waals surface area contributed by atoms with Crippen LogP contribution in [0, 0.1) is 5.92 Å². The summed E-state index contributed by atoms with van der Waals surface area (Å²) in [6, 6.07) is 0. The van der Waals surface area contributed by atoms with E-state index in [0.29, 0.717) is 5.37 Å². The van der Waals surface area contributed by atoms with Crippen LogP contribution in [0.1, 0.15) is 13.3 Å². The monoisotopic (exact) mass is 171 g/mol. The van der Waals surface area contributed by atoms with Gasteiger partial charge in [0.25, 0.3) is 0 Å². The first-order valence-corrected chi connectivity index (χ1v) is 4.87. The van der Waals surface area contributed by atoms with Crippen LogP contribution in [-0.2, 0) is 4.79 Å². The summed E-state index contributed by atoms with van der Waals surface area (Å²) in [4.78, 5) is 10.9. The summed E-state index contributed by atoms with van der Waals surface area (Å²) >= 11 is 1.75. The normalized spacial score (nSPS) is 29.0. The van der Waals surface area contributed by atoms with Gasteiger partial charge >= 0.3 is 0 Å². The van der Waals surface area contributed by atoms with Gasteiger partial charge in [0, 0.05) is 5.75 Å². The van der Waals surface area contributed by atoms with Gasteiger partial charge in [0.15, 0.2) is 0 Å². The second kappa shape index (κ2) is 3.81. The summed E-state index contributed by atoms with van der Waals surface area (Å²) in [6.07, 6.45) is 2.81. The summed E-state index contributed by atoms with van der Waals surface area (Å²) in [5, 5.41) is 3.19. The van der Waals surface area contributed by atoms with Crippen LogP contribution in [0.15, 0.2) is 12.7 Å². The first kappa shape index (κ1) is 8.65. The van der Waals surface area contributed by atoms with Crippen molar-refractivity contribution in [3.63, 3.8) is 0 Å². The topological polar surface area (TPSA) is 29.1 Å². The Morgan fingerprint density at radius 2 is 2.55 bits per heavy atom. The highest BCUT2D eigenvalue weighted by Gasteiger charge is 2.37. The second-order valence-corrected chi connectivity index (χ2v) is 3.74. The molecule has 62 valence electrons. The molecule has 1 heterocycles. The van der Waals surface area contributed by atoms with E-state index in [1.54, 1.807) is 11.8 Å². The standard InChI is InChI=1S/C8H13NOS/c1-3-5-11-8-6(4-2)7(10)9-8/h3,6,8H,1,4-5H2,2H3,(H,9,10). The van der Waals surface area contributed by atoms with Crippen LogP contribution in [0.2, 0.25) is 0 Å². The van der Waals surface area contributed by atoms with Gasteiger partial charge in [-0.05, 0) is 6.42 Å². The lowest BCUT2D eigenvalue weighted by Crippen LogP contribution is -2.55. The Hall–Kier alpha value is -0.440. The van der Waals surface area contributed by atoms with Crippen molar-refractivity contribution in [1.29, 1.82) is 0 Å². The van der Waals surface area contributed by atoms with Crippen LogP contribution in [0.3, 0.4) is 0 Å². The van der Waals surface area contributed by atoms with Crippen molar-refractivity contribution in [3.8, 4) is 0 Å². The van der Waals surface area contributed by atoms with E-state index in [0.717, 1.165) is 12.2 Å². The summed E-state index contributed by atoms with van der Waals surface area (Å²) in [5.74, 6) is 1.36. The lowest BCUT2D eigenvalue weighted by atomic mass is 9.99. The molecule has 2 nitrogen and oxygen atoms in total. The van der Waals surface area contributed by atoms with Crippen molar-refractivity contribution in [3.05, 3.63) is 12.7 Å². The Labute approximate surface area is 71.4 Å². The Balaban J connectivity index is 2.26. The van der Waals surface area contributed by atoms with E-state index in [4.69, 9.17) is 0 Å². The Kier molecular flexibility index (Phi) is 3.00. The molecule has 1 saturated heterocycles. The van der Waals surface area contributed by atoms with Crippen LogP contribution in [-0.4, -0.2) is 17.0 Å². The highest BCUT2D eigenvalue weighted by atomic mass is 32.2. The van der Waals surface area contributed by atoms with E-state index < -0.39 is 0 Å². The number of hydrogen-bond donors (Lipinski definition) is 1. The molecule has 1 amide bonds. The van der Waals surface area contributed by atoms with Crippen molar-refractivity contribution in [1.82, 2.24) is 5.32 Å². The highest BCUT2D eigenvalue weighted by molar-refractivity contribution is 8.00. The molecule has 0 aromatic rings. The van der Waals surface area contributed by atoms with Crippen molar-refractivity contribution < 1.29 is 4.79 Å². The molecular formula is C8H13NOS. The Morgan fingerprint density at radius 1 is 1.82 bits per heavy atom. The predicted octanol–water partition coefficient (Wildman–Crippen LogP) is 1.39. The van der Waals surface area contributed by atoms with Gasteiger partial charge in [0.1, 0.15) is 0 Å². The molecule has 1 rings (SSSR count). The maximum Gasteiger partial charge on any atom is 0.226 e. The Bertz CT molecular complexity index is 169. The number of hydrogen-bond acceptors (Lipinski definition) is 2. The third-order valence-electron chi connectivity index (χ3n) is 1.82. The molecule has 0 aliphatic carbocycles. The van der Waals surface area contributed by atoms with Crippen LogP contribution >= 0.6 is 11.8 Å². The number of β-lactam (4-membered cyclic amide) rings is 1. The van der Waals surface area contributed by atoms with E-state index in [1.165, 1.54) is 0 Å². The lowest BCUT2D eigenvalue weighted by Gasteiger charge is -2.35. The van der Waals surface area contributed by atoms with Crippen LogP contribution in [0.5, 0.6) is 0 Å². The molecule has 1 aliphatic rings. The van der Waals surface area contributed by atoms with E-state index >= 15 is 0 Å². The zero-order valence-electron chi connectivity index (χ0n) is 6.67. The van der Waals surface area contributed by atoms with Gasteiger partial charge in [-0.1, -0.05) is 13.0 Å². The lowest BCUT2D eigenvalue weighted by molar-refractivity contribution is -0.132. The fourth-order valence-corrected chi connectivity index (χ4v) is 2.21. The summed E-state index contributed by atoms with van der Waals surface area (Å²) in [7, 11) is 0. The molecule has 0 bridgehead atoms. The zero-order chi connectivity index (χ0) is 8.27. The second-order valence-electron chi connectivity index (χ2n) is 2.57. The summed E-state index contributed by atoms with van der Waals surface area (Å²) in [6.45, 7) is 5.67. The number of nitrogens with one attached hydrogen (secondary N) is 1. The smallest absolute Gasteiger partial charge is 0.226 e. The van der Waals surface area contributed by atoms with E-state index in [-0.39, 0.29) is 11.8 Å². The minimum absolute atomic E-state index is 0.203. The molecule has 0 aromatic carbocycles. The summed E-state index contributed by atoms with van der Waals surface area (Å²) in [5.41, 5.74) is 0. The fourth-order valence-electron chi connectivity index (χ4n) is 1.12. The maximum atomic E-state index is 10.9. The molecule has 11 heavy (non-hydrogen) atoms. The SMILES string of the molecule is C=CCSC1NC(=O)C1CC. The van der Waals surface area contributed by atoms with Crippen LogP contribution in [0.25, 0.3) is 0 Å². The van der Waals surface area contributed by atoms with Gasteiger partial charge in [0.2, 0.25) is 5.91 Å². The zero-order valence-corrected chi connectivity index (χ0v) is 7.49. The number of rotatable bonds is 4. The van der Waals surface area contributed by atoms with Gasteiger partial charge < -0.3 is 5.32 Å². The van der Waals surface area contributed by atoms with Crippen molar-refractivity contribution in [2.24, 2.45) is 5.92 Å². The van der Waals surface area contributed by atoms with Crippen LogP contribution < -0.4 is 5.32 Å². The van der Waals surface area contributed by atoms with Gasteiger partial charge in [-0.3, -0.25) is 4.79 Å². The summed E-state index contributed by atoms with van der Waals surface area (Å²) < 4.78 is 0. The maximum absolute atomic E-state index is 10.9. The van der Waals surface area contributed by atoms with Gasteiger partial charge in [-0.2, -0.15) is 0 Å². The molecule has 1 fully saturated rings. The minimum Gasteiger partial charge on any atom is -0.343 e. The third-order valence-corrected chi connectivity index (χ3v) is 3.05. The van der Waals surface area contributed by atoms with E-state index in [1.807, 2.05) is 13.0 Å². The van der Waals surface area contributed by atoms with Gasteiger partial charge in [-0.25, -0.2) is 0 Å².